The fourth-order valence-corrected chi connectivity index (χ4v) is 2.06. The summed E-state index contributed by atoms with van der Waals surface area (Å²) in [6, 6.07) is 7.44. The quantitative estimate of drug-likeness (QED) is 0.635. The van der Waals surface area contributed by atoms with Crippen molar-refractivity contribution in [1.29, 1.82) is 0 Å². The molecule has 1 amide bonds. The van der Waals surface area contributed by atoms with Gasteiger partial charge in [0.05, 0.1) is 5.75 Å². The van der Waals surface area contributed by atoms with Gasteiger partial charge in [0.2, 0.25) is 5.91 Å². The Morgan fingerprint density at radius 3 is 2.72 bits per heavy atom. The molecule has 0 radical (unpaired) electrons. The summed E-state index contributed by atoms with van der Waals surface area (Å²) in [6.45, 7) is 6.15. The molecular formula is C14H19NO2S. The van der Waals surface area contributed by atoms with E-state index in [0.717, 1.165) is 11.2 Å². The summed E-state index contributed by atoms with van der Waals surface area (Å²) < 4.78 is 0. The maximum atomic E-state index is 11.7. The molecule has 1 unspecified atom stereocenters. The van der Waals surface area contributed by atoms with Crippen molar-refractivity contribution in [2.45, 2.75) is 31.7 Å². The molecule has 1 N–H and O–H groups in total. The number of rotatable bonds is 6. The van der Waals surface area contributed by atoms with E-state index < -0.39 is 0 Å². The minimum Gasteiger partial charge on any atom is -0.353 e. The SMILES string of the molecule is CC(C)C(C)NC(=O)CSc1cccc(C=O)c1. The number of hydrogen-bond donors (Lipinski definition) is 1. The number of carbonyl (C=O) groups excluding carboxylic acids is 2. The zero-order valence-corrected chi connectivity index (χ0v) is 11.8. The van der Waals surface area contributed by atoms with E-state index in [-0.39, 0.29) is 11.9 Å². The molecule has 1 aromatic rings. The van der Waals surface area contributed by atoms with Crippen LogP contribution in [0.15, 0.2) is 29.2 Å². The third-order valence-corrected chi connectivity index (χ3v) is 3.75. The Morgan fingerprint density at radius 2 is 2.11 bits per heavy atom. The molecule has 1 rings (SSSR count). The first-order chi connectivity index (χ1) is 8.52. The molecule has 0 bridgehead atoms. The lowest BCUT2D eigenvalue weighted by atomic mass is 10.1. The second kappa shape index (κ2) is 7.21. The van der Waals surface area contributed by atoms with Crippen LogP contribution in [0.4, 0.5) is 0 Å². The van der Waals surface area contributed by atoms with Crippen LogP contribution in [0.3, 0.4) is 0 Å². The summed E-state index contributed by atoms with van der Waals surface area (Å²) in [7, 11) is 0. The minimum absolute atomic E-state index is 0.0257. The maximum Gasteiger partial charge on any atom is 0.230 e. The smallest absolute Gasteiger partial charge is 0.230 e. The molecule has 1 atom stereocenters. The predicted molar refractivity (Wildman–Crippen MR) is 75.0 cm³/mol. The van der Waals surface area contributed by atoms with Gasteiger partial charge >= 0.3 is 0 Å². The van der Waals surface area contributed by atoms with Crippen LogP contribution in [0.5, 0.6) is 0 Å². The van der Waals surface area contributed by atoms with Gasteiger partial charge in [-0.2, -0.15) is 0 Å². The van der Waals surface area contributed by atoms with E-state index in [0.29, 0.717) is 17.2 Å². The van der Waals surface area contributed by atoms with Crippen molar-refractivity contribution in [2.24, 2.45) is 5.92 Å². The molecular weight excluding hydrogens is 246 g/mol. The topological polar surface area (TPSA) is 46.2 Å². The third kappa shape index (κ3) is 4.92. The van der Waals surface area contributed by atoms with Gasteiger partial charge in [-0.25, -0.2) is 0 Å². The van der Waals surface area contributed by atoms with Gasteiger partial charge in [-0.15, -0.1) is 11.8 Å². The summed E-state index contributed by atoms with van der Waals surface area (Å²) in [5, 5.41) is 2.95. The lowest BCUT2D eigenvalue weighted by Gasteiger charge is -2.17. The second-order valence-electron chi connectivity index (χ2n) is 4.58. The summed E-state index contributed by atoms with van der Waals surface area (Å²) in [5.74, 6) is 0.828. The van der Waals surface area contributed by atoms with Gasteiger partial charge in [-0.05, 0) is 25.0 Å². The van der Waals surface area contributed by atoms with E-state index in [9.17, 15) is 9.59 Å². The summed E-state index contributed by atoms with van der Waals surface area (Å²) in [6.07, 6.45) is 0.810. The van der Waals surface area contributed by atoms with Crippen molar-refractivity contribution >= 4 is 24.0 Å². The molecule has 0 saturated heterocycles. The number of benzene rings is 1. The second-order valence-corrected chi connectivity index (χ2v) is 5.63. The van der Waals surface area contributed by atoms with Gasteiger partial charge in [0, 0.05) is 16.5 Å². The molecule has 0 heterocycles. The summed E-state index contributed by atoms with van der Waals surface area (Å²) in [5.41, 5.74) is 0.635. The van der Waals surface area contributed by atoms with Crippen LogP contribution in [0.2, 0.25) is 0 Å². The Bertz CT molecular complexity index is 418. The van der Waals surface area contributed by atoms with Gasteiger partial charge < -0.3 is 5.32 Å². The van der Waals surface area contributed by atoms with Crippen molar-refractivity contribution in [1.82, 2.24) is 5.32 Å². The standard InChI is InChI=1S/C14H19NO2S/c1-10(2)11(3)15-14(17)9-18-13-6-4-5-12(7-13)8-16/h4-8,10-11H,9H2,1-3H3,(H,15,17). The third-order valence-electron chi connectivity index (χ3n) is 2.75. The Kier molecular flexibility index (Phi) is 5.92. The van der Waals surface area contributed by atoms with E-state index in [1.807, 2.05) is 19.1 Å². The Balaban J connectivity index is 2.44. The number of nitrogens with one attached hydrogen (secondary N) is 1. The van der Waals surface area contributed by atoms with Crippen LogP contribution >= 0.6 is 11.8 Å². The molecule has 1 aromatic carbocycles. The summed E-state index contributed by atoms with van der Waals surface area (Å²) in [4.78, 5) is 23.2. The highest BCUT2D eigenvalue weighted by Gasteiger charge is 2.10. The van der Waals surface area contributed by atoms with Gasteiger partial charge in [-0.3, -0.25) is 9.59 Å². The van der Waals surface area contributed by atoms with Crippen LogP contribution < -0.4 is 5.32 Å². The molecule has 98 valence electrons. The van der Waals surface area contributed by atoms with Gasteiger partial charge in [0.25, 0.3) is 0 Å². The molecule has 4 heteroatoms. The highest BCUT2D eigenvalue weighted by atomic mass is 32.2. The first kappa shape index (κ1) is 14.8. The largest absolute Gasteiger partial charge is 0.353 e. The Morgan fingerprint density at radius 1 is 1.39 bits per heavy atom. The molecule has 0 aromatic heterocycles. The monoisotopic (exact) mass is 265 g/mol. The van der Waals surface area contributed by atoms with Crippen molar-refractivity contribution in [3.05, 3.63) is 29.8 Å². The van der Waals surface area contributed by atoms with Gasteiger partial charge in [-0.1, -0.05) is 26.0 Å². The Labute approximate surface area is 112 Å². The zero-order valence-electron chi connectivity index (χ0n) is 11.0. The average molecular weight is 265 g/mol. The number of carbonyl (C=O) groups is 2. The molecule has 0 aliphatic rings. The van der Waals surface area contributed by atoms with Crippen LogP contribution in [-0.2, 0) is 4.79 Å². The summed E-state index contributed by atoms with van der Waals surface area (Å²) >= 11 is 1.44. The maximum absolute atomic E-state index is 11.7. The molecule has 3 nitrogen and oxygen atoms in total. The molecule has 0 spiro atoms. The molecule has 0 saturated carbocycles. The number of amides is 1. The number of aldehydes is 1. The van der Waals surface area contributed by atoms with Gasteiger partial charge in [0.1, 0.15) is 6.29 Å². The van der Waals surface area contributed by atoms with Crippen molar-refractivity contribution < 1.29 is 9.59 Å². The highest BCUT2D eigenvalue weighted by molar-refractivity contribution is 8.00. The van der Waals surface area contributed by atoms with Crippen LogP contribution in [-0.4, -0.2) is 24.0 Å². The zero-order chi connectivity index (χ0) is 13.5. The van der Waals surface area contributed by atoms with Crippen molar-refractivity contribution in [3.63, 3.8) is 0 Å². The lowest BCUT2D eigenvalue weighted by molar-refractivity contribution is -0.119. The van der Waals surface area contributed by atoms with Crippen molar-refractivity contribution in [3.8, 4) is 0 Å². The first-order valence-electron chi connectivity index (χ1n) is 6.00. The minimum atomic E-state index is 0.0257. The van der Waals surface area contributed by atoms with E-state index in [2.05, 4.69) is 19.2 Å². The fraction of sp³-hybridized carbons (Fsp3) is 0.429. The average Bonchev–Trinajstić information content (AvgIpc) is 2.36. The molecule has 0 aliphatic carbocycles. The Hall–Kier alpha value is -1.29. The van der Waals surface area contributed by atoms with E-state index >= 15 is 0 Å². The van der Waals surface area contributed by atoms with Crippen LogP contribution in [0.25, 0.3) is 0 Å². The van der Waals surface area contributed by atoms with E-state index in [4.69, 9.17) is 0 Å². The van der Waals surface area contributed by atoms with Gasteiger partial charge in [0.15, 0.2) is 0 Å². The number of thioether (sulfide) groups is 1. The molecule has 0 aliphatic heterocycles. The van der Waals surface area contributed by atoms with Crippen LogP contribution in [0, 0.1) is 5.92 Å². The number of hydrogen-bond acceptors (Lipinski definition) is 3. The van der Waals surface area contributed by atoms with Crippen LogP contribution in [0.1, 0.15) is 31.1 Å². The van der Waals surface area contributed by atoms with E-state index in [1.54, 1.807) is 12.1 Å². The molecule has 0 fully saturated rings. The predicted octanol–water partition coefficient (Wildman–Crippen LogP) is 2.75. The first-order valence-corrected chi connectivity index (χ1v) is 6.99. The normalized spacial score (nSPS) is 12.2. The molecule has 18 heavy (non-hydrogen) atoms. The lowest BCUT2D eigenvalue weighted by Crippen LogP contribution is -2.37. The fourth-order valence-electron chi connectivity index (χ4n) is 1.29. The van der Waals surface area contributed by atoms with E-state index in [1.165, 1.54) is 11.8 Å². The van der Waals surface area contributed by atoms with Crippen molar-refractivity contribution in [2.75, 3.05) is 5.75 Å². The highest BCUT2D eigenvalue weighted by Crippen LogP contribution is 2.18.